The summed E-state index contributed by atoms with van der Waals surface area (Å²) in [6, 6.07) is 3.49. The number of ketones is 1. The van der Waals surface area contributed by atoms with Gasteiger partial charge < -0.3 is 15.8 Å². The van der Waals surface area contributed by atoms with Gasteiger partial charge >= 0.3 is 0 Å². The summed E-state index contributed by atoms with van der Waals surface area (Å²) >= 11 is 0. The minimum Gasteiger partial charge on any atom is -0.494 e. The summed E-state index contributed by atoms with van der Waals surface area (Å²) in [6.45, 7) is 1.46. The molecule has 5 nitrogen and oxygen atoms in total. The lowest BCUT2D eigenvalue weighted by atomic mass is 10.00. The molecule has 102 valence electrons. The first-order chi connectivity index (χ1) is 9.02. The van der Waals surface area contributed by atoms with E-state index in [0.717, 1.165) is 18.4 Å². The van der Waals surface area contributed by atoms with Crippen molar-refractivity contribution in [2.75, 3.05) is 12.8 Å². The second-order valence-electron chi connectivity index (χ2n) is 4.79. The number of Topliss-reactive ketones (excluding diaryl/α,β-unsaturated/α-hetero) is 1. The van der Waals surface area contributed by atoms with Gasteiger partial charge in [0.2, 0.25) is 5.91 Å². The average molecular weight is 262 g/mol. The summed E-state index contributed by atoms with van der Waals surface area (Å²) in [5, 5.41) is 2.81. The number of nitrogens with one attached hydrogen (secondary N) is 1. The van der Waals surface area contributed by atoms with E-state index in [9.17, 15) is 9.59 Å². The van der Waals surface area contributed by atoms with Crippen LogP contribution in [0.3, 0.4) is 0 Å². The van der Waals surface area contributed by atoms with Crippen molar-refractivity contribution in [3.63, 3.8) is 0 Å². The molecule has 0 radical (unpaired) electrons. The van der Waals surface area contributed by atoms with Crippen LogP contribution in [0.25, 0.3) is 0 Å². The zero-order valence-corrected chi connectivity index (χ0v) is 11.2. The maximum absolute atomic E-state index is 12.3. The van der Waals surface area contributed by atoms with Gasteiger partial charge in [0.1, 0.15) is 0 Å². The summed E-state index contributed by atoms with van der Waals surface area (Å²) < 4.78 is 5.25. The molecule has 0 saturated carbocycles. The number of nitrogens with two attached hydrogens (primary N) is 1. The predicted molar refractivity (Wildman–Crippen MR) is 72.3 cm³/mol. The Kier molecular flexibility index (Phi) is 3.74. The van der Waals surface area contributed by atoms with Gasteiger partial charge in [0.15, 0.2) is 11.5 Å². The first kappa shape index (κ1) is 13.4. The monoisotopic (exact) mass is 262 g/mol. The van der Waals surface area contributed by atoms with E-state index >= 15 is 0 Å². The standard InChI is InChI=1S/C14H18N2O3/c1-8(17)16-10-5-3-9-4-6-11(15)14(19-2)13(9)12(18)7-10/h4,6,10H,3,5,7,15H2,1-2H3,(H,16,17)/t10-/m0/s1. The molecule has 5 heteroatoms. The molecule has 1 amide bonds. The number of carbonyl (C=O) groups is 2. The number of hydrogen-bond acceptors (Lipinski definition) is 4. The van der Waals surface area contributed by atoms with Crippen LogP contribution in [0.1, 0.15) is 35.7 Å². The second-order valence-corrected chi connectivity index (χ2v) is 4.79. The van der Waals surface area contributed by atoms with Gasteiger partial charge in [-0.05, 0) is 24.5 Å². The predicted octanol–water partition coefficient (Wildman–Crippen LogP) is 1.30. The summed E-state index contributed by atoms with van der Waals surface area (Å²) in [4.78, 5) is 23.5. The molecular formula is C14H18N2O3. The normalized spacial score (nSPS) is 18.4. The van der Waals surface area contributed by atoms with E-state index in [4.69, 9.17) is 10.5 Å². The van der Waals surface area contributed by atoms with E-state index in [1.165, 1.54) is 14.0 Å². The van der Waals surface area contributed by atoms with E-state index in [0.29, 0.717) is 17.0 Å². The zero-order valence-electron chi connectivity index (χ0n) is 11.2. The summed E-state index contributed by atoms with van der Waals surface area (Å²) in [7, 11) is 1.51. The highest BCUT2D eigenvalue weighted by Crippen LogP contribution is 2.33. The van der Waals surface area contributed by atoms with Gasteiger partial charge in [0.05, 0.1) is 18.4 Å². The Morgan fingerprint density at radius 3 is 2.84 bits per heavy atom. The molecule has 0 fully saturated rings. The van der Waals surface area contributed by atoms with Crippen LogP contribution in [0.2, 0.25) is 0 Å². The number of ether oxygens (including phenoxy) is 1. The van der Waals surface area contributed by atoms with Crippen LogP contribution in [0.5, 0.6) is 5.75 Å². The van der Waals surface area contributed by atoms with E-state index in [1.54, 1.807) is 6.07 Å². The lowest BCUT2D eigenvalue weighted by Crippen LogP contribution is -2.34. The Hall–Kier alpha value is -2.04. The van der Waals surface area contributed by atoms with Crippen LogP contribution in [0.4, 0.5) is 5.69 Å². The molecule has 19 heavy (non-hydrogen) atoms. The van der Waals surface area contributed by atoms with Crippen LogP contribution in [0.15, 0.2) is 12.1 Å². The minimum absolute atomic E-state index is 0.0320. The van der Waals surface area contributed by atoms with Crippen LogP contribution in [-0.4, -0.2) is 24.8 Å². The number of hydrogen-bond donors (Lipinski definition) is 2. The fourth-order valence-electron chi connectivity index (χ4n) is 2.54. The summed E-state index contributed by atoms with van der Waals surface area (Å²) in [6.07, 6.45) is 1.75. The average Bonchev–Trinajstić information content (AvgIpc) is 2.49. The van der Waals surface area contributed by atoms with Crippen molar-refractivity contribution in [2.45, 2.75) is 32.2 Å². The van der Waals surface area contributed by atoms with Gasteiger partial charge in [0, 0.05) is 19.4 Å². The molecule has 3 N–H and O–H groups in total. The van der Waals surface area contributed by atoms with Gasteiger partial charge in [-0.3, -0.25) is 9.59 Å². The van der Waals surface area contributed by atoms with Crippen molar-refractivity contribution in [3.05, 3.63) is 23.3 Å². The molecule has 1 aromatic rings. The molecule has 1 atom stereocenters. The van der Waals surface area contributed by atoms with Gasteiger partial charge in [-0.1, -0.05) is 6.07 Å². The van der Waals surface area contributed by atoms with Gasteiger partial charge in [-0.15, -0.1) is 0 Å². The smallest absolute Gasteiger partial charge is 0.217 e. The molecule has 0 aromatic heterocycles. The number of benzene rings is 1. The zero-order chi connectivity index (χ0) is 14.0. The highest BCUT2D eigenvalue weighted by atomic mass is 16.5. The highest BCUT2D eigenvalue weighted by Gasteiger charge is 2.26. The lowest BCUT2D eigenvalue weighted by Gasteiger charge is -2.14. The number of methoxy groups -OCH3 is 1. The van der Waals surface area contributed by atoms with E-state index in [-0.39, 0.29) is 24.2 Å². The lowest BCUT2D eigenvalue weighted by molar-refractivity contribution is -0.119. The molecule has 0 unspecified atom stereocenters. The van der Waals surface area contributed by atoms with Gasteiger partial charge in [-0.2, -0.15) is 0 Å². The van der Waals surface area contributed by atoms with Gasteiger partial charge in [-0.25, -0.2) is 0 Å². The number of nitrogen functional groups attached to an aromatic ring is 1. The van der Waals surface area contributed by atoms with Crippen LogP contribution in [-0.2, 0) is 11.2 Å². The molecule has 2 rings (SSSR count). The SMILES string of the molecule is COc1c(N)ccc2c1C(=O)C[C@@H](NC(C)=O)CC2. The molecule has 0 aliphatic heterocycles. The first-order valence-corrected chi connectivity index (χ1v) is 6.28. The van der Waals surface area contributed by atoms with Crippen molar-refractivity contribution >= 4 is 17.4 Å². The first-order valence-electron chi connectivity index (χ1n) is 6.28. The molecule has 0 saturated heterocycles. The Labute approximate surface area is 112 Å². The maximum atomic E-state index is 12.3. The minimum atomic E-state index is -0.122. The molecule has 1 aliphatic rings. The Morgan fingerprint density at radius 2 is 2.21 bits per heavy atom. The summed E-state index contributed by atoms with van der Waals surface area (Å²) in [5.41, 5.74) is 7.80. The van der Waals surface area contributed by atoms with Crippen LogP contribution < -0.4 is 15.8 Å². The number of aryl methyl sites for hydroxylation is 1. The van der Waals surface area contributed by atoms with Crippen LogP contribution in [0, 0.1) is 0 Å². The van der Waals surface area contributed by atoms with E-state index < -0.39 is 0 Å². The van der Waals surface area contributed by atoms with Crippen molar-refractivity contribution < 1.29 is 14.3 Å². The number of carbonyl (C=O) groups excluding carboxylic acids is 2. The fraction of sp³-hybridized carbons (Fsp3) is 0.429. The third-order valence-corrected chi connectivity index (χ3v) is 3.36. The Morgan fingerprint density at radius 1 is 1.47 bits per heavy atom. The molecule has 1 aliphatic carbocycles. The van der Waals surface area contributed by atoms with Crippen molar-refractivity contribution in [1.82, 2.24) is 5.32 Å². The number of rotatable bonds is 2. The summed E-state index contributed by atoms with van der Waals surface area (Å²) in [5.74, 6) is 0.302. The molecule has 0 heterocycles. The topological polar surface area (TPSA) is 81.4 Å². The maximum Gasteiger partial charge on any atom is 0.217 e. The largest absolute Gasteiger partial charge is 0.494 e. The molecule has 0 spiro atoms. The highest BCUT2D eigenvalue weighted by molar-refractivity contribution is 6.02. The van der Waals surface area contributed by atoms with E-state index in [2.05, 4.69) is 5.32 Å². The fourth-order valence-corrected chi connectivity index (χ4v) is 2.54. The third-order valence-electron chi connectivity index (χ3n) is 3.36. The second kappa shape index (κ2) is 5.30. The molecular weight excluding hydrogens is 244 g/mol. The Balaban J connectivity index is 2.36. The number of fused-ring (bicyclic) bond motifs is 1. The number of amides is 1. The quantitative estimate of drug-likeness (QED) is 0.622. The van der Waals surface area contributed by atoms with Crippen molar-refractivity contribution in [3.8, 4) is 5.75 Å². The van der Waals surface area contributed by atoms with Crippen molar-refractivity contribution in [2.24, 2.45) is 0 Å². The van der Waals surface area contributed by atoms with Gasteiger partial charge in [0.25, 0.3) is 0 Å². The van der Waals surface area contributed by atoms with Crippen LogP contribution >= 0.6 is 0 Å². The molecule has 0 bridgehead atoms. The third kappa shape index (κ3) is 2.70. The van der Waals surface area contributed by atoms with Crippen molar-refractivity contribution in [1.29, 1.82) is 0 Å². The Bertz CT molecular complexity index is 526. The van der Waals surface area contributed by atoms with E-state index in [1.807, 2.05) is 6.07 Å². The number of anilines is 1. The molecule has 1 aromatic carbocycles.